The molecule has 108 valence electrons. The Morgan fingerprint density at radius 3 is 2.85 bits per heavy atom. The lowest BCUT2D eigenvalue weighted by Crippen LogP contribution is -2.58. The molecule has 0 spiro atoms. The Labute approximate surface area is 119 Å². The number of anilines is 1. The van der Waals surface area contributed by atoms with Crippen LogP contribution in [0.4, 0.5) is 5.13 Å². The van der Waals surface area contributed by atoms with Gasteiger partial charge in [0, 0.05) is 4.88 Å². The van der Waals surface area contributed by atoms with E-state index in [-0.39, 0.29) is 24.1 Å². The highest BCUT2D eigenvalue weighted by Gasteiger charge is 2.34. The number of amides is 2. The van der Waals surface area contributed by atoms with E-state index in [2.05, 4.69) is 15.0 Å². The number of carbonyl (C=O) groups excluding carboxylic acids is 3. The topological polar surface area (TPSA) is 88.6 Å². The Hall–Kier alpha value is -1.96. The highest BCUT2D eigenvalue weighted by Crippen LogP contribution is 2.29. The van der Waals surface area contributed by atoms with Crippen LogP contribution in [0.5, 0.6) is 0 Å². The summed E-state index contributed by atoms with van der Waals surface area (Å²) in [5.41, 5.74) is 0.223. The van der Waals surface area contributed by atoms with Crippen LogP contribution in [0.15, 0.2) is 0 Å². The van der Waals surface area contributed by atoms with E-state index >= 15 is 0 Å². The summed E-state index contributed by atoms with van der Waals surface area (Å²) in [5, 5.41) is 2.79. The Balaban J connectivity index is 2.36. The monoisotopic (exact) mass is 297 g/mol. The van der Waals surface area contributed by atoms with Gasteiger partial charge in [-0.2, -0.15) is 0 Å². The van der Waals surface area contributed by atoms with E-state index in [0.29, 0.717) is 16.4 Å². The molecular formula is C12H15N3O4S. The lowest BCUT2D eigenvalue weighted by molar-refractivity contribution is -0.132. The number of hydrogen-bond acceptors (Lipinski definition) is 7. The van der Waals surface area contributed by atoms with E-state index in [0.717, 1.165) is 0 Å². The van der Waals surface area contributed by atoms with Crippen molar-refractivity contribution in [1.82, 2.24) is 10.3 Å². The molecule has 7 nitrogen and oxygen atoms in total. The van der Waals surface area contributed by atoms with Crippen LogP contribution in [0, 0.1) is 6.92 Å². The van der Waals surface area contributed by atoms with Crippen LogP contribution in [-0.2, 0) is 14.3 Å². The first-order chi connectivity index (χ1) is 9.47. The first-order valence-corrected chi connectivity index (χ1v) is 6.95. The fourth-order valence-corrected chi connectivity index (χ4v) is 3.01. The number of hydrogen-bond donors (Lipinski definition) is 1. The summed E-state index contributed by atoms with van der Waals surface area (Å²) in [7, 11) is 1.29. The highest BCUT2D eigenvalue weighted by atomic mass is 32.1. The number of thiazole rings is 1. The maximum absolute atomic E-state index is 11.8. The second-order valence-electron chi connectivity index (χ2n) is 4.36. The maximum atomic E-state index is 11.8. The van der Waals surface area contributed by atoms with E-state index < -0.39 is 12.0 Å². The van der Waals surface area contributed by atoms with Crippen molar-refractivity contribution in [2.75, 3.05) is 18.6 Å². The Kier molecular flexibility index (Phi) is 4.03. The van der Waals surface area contributed by atoms with Gasteiger partial charge in [0.15, 0.2) is 10.8 Å². The molecule has 1 aliphatic heterocycles. The number of rotatable bonds is 3. The normalized spacial score (nSPS) is 18.9. The molecule has 0 aliphatic carbocycles. The summed E-state index contributed by atoms with van der Waals surface area (Å²) in [6, 6.07) is -0.455. The third-order valence-electron chi connectivity index (χ3n) is 3.05. The quantitative estimate of drug-likeness (QED) is 0.645. The SMILES string of the molecule is CCC1C(=O)NC(=O)CN1c1nc(C(=O)OC)c(C)s1. The molecular weight excluding hydrogens is 282 g/mol. The van der Waals surface area contributed by atoms with Crippen molar-refractivity contribution in [1.29, 1.82) is 0 Å². The van der Waals surface area contributed by atoms with Gasteiger partial charge in [0.1, 0.15) is 12.6 Å². The number of imide groups is 1. The molecule has 1 atom stereocenters. The zero-order valence-electron chi connectivity index (χ0n) is 11.4. The number of aryl methyl sites for hydroxylation is 1. The van der Waals surface area contributed by atoms with Crippen LogP contribution in [0.25, 0.3) is 0 Å². The second kappa shape index (κ2) is 5.58. The van der Waals surface area contributed by atoms with Gasteiger partial charge in [0.05, 0.1) is 7.11 Å². The number of nitrogens with one attached hydrogen (secondary N) is 1. The molecule has 1 aromatic heterocycles. The minimum Gasteiger partial charge on any atom is -0.464 e. The van der Waals surface area contributed by atoms with E-state index in [1.165, 1.54) is 18.4 Å². The van der Waals surface area contributed by atoms with Crippen LogP contribution in [-0.4, -0.2) is 42.5 Å². The van der Waals surface area contributed by atoms with Crippen molar-refractivity contribution < 1.29 is 19.1 Å². The fraction of sp³-hybridized carbons (Fsp3) is 0.500. The van der Waals surface area contributed by atoms with Gasteiger partial charge in [-0.25, -0.2) is 9.78 Å². The summed E-state index contributed by atoms with van der Waals surface area (Å²) in [5.74, 6) is -1.23. The molecule has 1 unspecified atom stereocenters. The molecule has 0 aromatic carbocycles. The zero-order valence-corrected chi connectivity index (χ0v) is 12.2. The second-order valence-corrected chi connectivity index (χ2v) is 5.54. The highest BCUT2D eigenvalue weighted by molar-refractivity contribution is 7.15. The third-order valence-corrected chi connectivity index (χ3v) is 4.06. The molecule has 0 bridgehead atoms. The van der Waals surface area contributed by atoms with Gasteiger partial charge in [-0.15, -0.1) is 11.3 Å². The van der Waals surface area contributed by atoms with Crippen LogP contribution in [0.2, 0.25) is 0 Å². The van der Waals surface area contributed by atoms with Gasteiger partial charge in [-0.3, -0.25) is 14.9 Å². The molecule has 0 saturated carbocycles. The van der Waals surface area contributed by atoms with Crippen molar-refractivity contribution >= 4 is 34.3 Å². The molecule has 2 heterocycles. The fourth-order valence-electron chi connectivity index (χ4n) is 2.06. The number of aromatic nitrogens is 1. The largest absolute Gasteiger partial charge is 0.464 e. The molecule has 20 heavy (non-hydrogen) atoms. The van der Waals surface area contributed by atoms with Crippen LogP contribution < -0.4 is 10.2 Å². The van der Waals surface area contributed by atoms with Crippen LogP contribution in [0.1, 0.15) is 28.7 Å². The first kappa shape index (κ1) is 14.4. The smallest absolute Gasteiger partial charge is 0.357 e. The summed E-state index contributed by atoms with van der Waals surface area (Å²) in [6.45, 7) is 3.66. The Bertz CT molecular complexity index is 569. The lowest BCUT2D eigenvalue weighted by Gasteiger charge is -2.32. The third kappa shape index (κ3) is 2.51. The Morgan fingerprint density at radius 1 is 1.55 bits per heavy atom. The van der Waals surface area contributed by atoms with Gasteiger partial charge in [0.25, 0.3) is 0 Å². The van der Waals surface area contributed by atoms with Crippen molar-refractivity contribution in [2.24, 2.45) is 0 Å². The van der Waals surface area contributed by atoms with Gasteiger partial charge >= 0.3 is 5.97 Å². The Morgan fingerprint density at radius 2 is 2.25 bits per heavy atom. The minimum absolute atomic E-state index is 0.0534. The van der Waals surface area contributed by atoms with Crippen molar-refractivity contribution in [3.63, 3.8) is 0 Å². The maximum Gasteiger partial charge on any atom is 0.357 e. The summed E-state index contributed by atoms with van der Waals surface area (Å²) in [6.07, 6.45) is 0.547. The molecule has 1 aromatic rings. The minimum atomic E-state index is -0.522. The molecule has 2 amide bonds. The van der Waals surface area contributed by atoms with Crippen molar-refractivity contribution in [2.45, 2.75) is 26.3 Å². The number of esters is 1. The van der Waals surface area contributed by atoms with E-state index in [1.54, 1.807) is 11.8 Å². The summed E-state index contributed by atoms with van der Waals surface area (Å²) in [4.78, 5) is 41.4. The molecule has 1 aliphatic rings. The summed E-state index contributed by atoms with van der Waals surface area (Å²) >= 11 is 1.27. The lowest BCUT2D eigenvalue weighted by atomic mass is 10.1. The molecule has 0 radical (unpaired) electrons. The summed E-state index contributed by atoms with van der Waals surface area (Å²) < 4.78 is 4.65. The van der Waals surface area contributed by atoms with E-state index in [9.17, 15) is 14.4 Å². The van der Waals surface area contributed by atoms with Gasteiger partial charge in [0.2, 0.25) is 11.8 Å². The number of methoxy groups -OCH3 is 1. The van der Waals surface area contributed by atoms with E-state index in [4.69, 9.17) is 0 Å². The van der Waals surface area contributed by atoms with Crippen molar-refractivity contribution in [3.05, 3.63) is 10.6 Å². The number of piperazine rings is 1. The standard InChI is InChI=1S/C12H15N3O4S/c1-4-7-10(17)13-8(16)5-15(7)12-14-9(6(2)20-12)11(18)19-3/h7H,4-5H2,1-3H3,(H,13,16,17). The predicted octanol–water partition coefficient (Wildman–Crippen LogP) is 0.480. The van der Waals surface area contributed by atoms with Crippen LogP contribution in [0.3, 0.4) is 0 Å². The van der Waals surface area contributed by atoms with Crippen molar-refractivity contribution in [3.8, 4) is 0 Å². The molecule has 1 N–H and O–H groups in total. The first-order valence-electron chi connectivity index (χ1n) is 6.14. The van der Waals surface area contributed by atoms with Crippen LogP contribution >= 0.6 is 11.3 Å². The molecule has 1 saturated heterocycles. The zero-order chi connectivity index (χ0) is 14.9. The molecule has 2 rings (SSSR count). The molecule has 8 heteroatoms. The number of nitrogens with zero attached hydrogens (tertiary/aromatic N) is 2. The van der Waals surface area contributed by atoms with Gasteiger partial charge < -0.3 is 9.64 Å². The van der Waals surface area contributed by atoms with Gasteiger partial charge in [-0.05, 0) is 13.3 Å². The number of carbonyl (C=O) groups is 3. The molecule has 1 fully saturated rings. The number of ether oxygens (including phenoxy) is 1. The van der Waals surface area contributed by atoms with Gasteiger partial charge in [-0.1, -0.05) is 6.92 Å². The average Bonchev–Trinajstić information content (AvgIpc) is 2.79. The predicted molar refractivity (Wildman–Crippen MR) is 72.8 cm³/mol. The average molecular weight is 297 g/mol. The van der Waals surface area contributed by atoms with E-state index in [1.807, 2.05) is 6.92 Å².